The monoisotopic (exact) mass is 502 g/mol. The Hall–Kier alpha value is -1.77. The lowest BCUT2D eigenvalue weighted by atomic mass is 9.78. The van der Waals surface area contributed by atoms with Crippen LogP contribution in [0.1, 0.15) is 116 Å². The van der Waals surface area contributed by atoms with Crippen molar-refractivity contribution in [1.82, 2.24) is 0 Å². The van der Waals surface area contributed by atoms with Crippen LogP contribution in [0.25, 0.3) is 0 Å². The van der Waals surface area contributed by atoms with E-state index in [4.69, 9.17) is 9.05 Å². The van der Waals surface area contributed by atoms with Crippen molar-refractivity contribution in [2.45, 2.75) is 119 Å². The van der Waals surface area contributed by atoms with E-state index in [0.717, 1.165) is 22.3 Å². The molecule has 0 heterocycles. The van der Waals surface area contributed by atoms with E-state index in [1.807, 2.05) is 26.0 Å². The molecule has 0 saturated carbocycles. The Labute approximate surface area is 214 Å². The molecular weight excluding hydrogens is 455 g/mol. The summed E-state index contributed by atoms with van der Waals surface area (Å²) in [5.41, 5.74) is 5.46. The van der Waals surface area contributed by atoms with Gasteiger partial charge in [0.25, 0.3) is 0 Å². The number of hydrogen-bond donors (Lipinski definition) is 1. The van der Waals surface area contributed by atoms with Crippen LogP contribution in [0.2, 0.25) is 0 Å². The van der Waals surface area contributed by atoms with E-state index < -0.39 is 7.82 Å². The quantitative estimate of drug-likeness (QED) is 0.424. The first-order valence-electron chi connectivity index (χ1n) is 12.5. The first-order chi connectivity index (χ1) is 15.4. The fraction of sp³-hybridized carbons (Fsp3) is 0.600. The molecule has 2 rings (SSSR count). The van der Waals surface area contributed by atoms with Gasteiger partial charge in [-0.25, -0.2) is 4.57 Å². The molecule has 4 nitrogen and oxygen atoms in total. The second-order valence-corrected chi connectivity index (χ2v) is 15.3. The first kappa shape index (κ1) is 29.5. The molecule has 2 aromatic rings. The summed E-state index contributed by atoms with van der Waals surface area (Å²) in [5, 5.41) is 0. The number of aryl methyl sites for hydroxylation is 2. The molecule has 0 aliphatic carbocycles. The minimum Gasteiger partial charge on any atom is -0.395 e. The Kier molecular flexibility index (Phi) is 7.80. The summed E-state index contributed by atoms with van der Waals surface area (Å²) in [6.45, 7) is 29.5. The lowest BCUT2D eigenvalue weighted by Crippen LogP contribution is -2.20. The van der Waals surface area contributed by atoms with Gasteiger partial charge in [0.1, 0.15) is 11.5 Å². The summed E-state index contributed by atoms with van der Waals surface area (Å²) in [6, 6.07) is 7.94. The molecule has 0 atom stereocenters. The Morgan fingerprint density at radius 2 is 0.800 bits per heavy atom. The molecule has 0 aliphatic rings. The molecule has 2 aromatic carbocycles. The highest BCUT2D eigenvalue weighted by atomic mass is 31.2. The third kappa shape index (κ3) is 7.14. The van der Waals surface area contributed by atoms with E-state index >= 15 is 0 Å². The lowest BCUT2D eigenvalue weighted by Gasteiger charge is -2.30. The molecule has 0 unspecified atom stereocenters. The molecule has 0 spiro atoms. The standard InChI is InChI=1S/C30H47O4P/c1-19-15-25(23(29(9,10)11)17-21(19)27(3,4)5)33-35(31,32)34-26-16-20(2)22(28(6,7)8)18-24(26)30(12,13)14/h15-18H,1-14H3,(H,31,32). The van der Waals surface area contributed by atoms with E-state index in [0.29, 0.717) is 11.5 Å². The lowest BCUT2D eigenvalue weighted by molar-refractivity contribution is 0.285. The fourth-order valence-electron chi connectivity index (χ4n) is 4.57. The highest BCUT2D eigenvalue weighted by Gasteiger charge is 2.34. The van der Waals surface area contributed by atoms with Crippen molar-refractivity contribution in [2.75, 3.05) is 0 Å². The number of phosphoric acid groups is 1. The predicted molar refractivity (Wildman–Crippen MR) is 148 cm³/mol. The molecule has 0 amide bonds. The third-order valence-corrected chi connectivity index (χ3v) is 7.17. The smallest absolute Gasteiger partial charge is 0.395 e. The second kappa shape index (κ2) is 9.27. The van der Waals surface area contributed by atoms with Gasteiger partial charge < -0.3 is 9.05 Å². The van der Waals surface area contributed by atoms with Gasteiger partial charge in [0.05, 0.1) is 0 Å². The molecular formula is C30H47O4P. The van der Waals surface area contributed by atoms with Crippen molar-refractivity contribution in [3.8, 4) is 11.5 Å². The van der Waals surface area contributed by atoms with Gasteiger partial charge in [0, 0.05) is 11.1 Å². The topological polar surface area (TPSA) is 55.8 Å². The van der Waals surface area contributed by atoms with E-state index in [1.54, 1.807) is 0 Å². The average molecular weight is 503 g/mol. The Morgan fingerprint density at radius 3 is 1.03 bits per heavy atom. The molecule has 0 aliphatic heterocycles. The zero-order valence-electron chi connectivity index (χ0n) is 24.4. The average Bonchev–Trinajstić information content (AvgIpc) is 2.56. The second-order valence-electron chi connectivity index (χ2n) is 14.0. The summed E-state index contributed by atoms with van der Waals surface area (Å²) < 4.78 is 25.0. The van der Waals surface area contributed by atoms with Crippen LogP contribution in [0.3, 0.4) is 0 Å². The van der Waals surface area contributed by atoms with Crippen LogP contribution >= 0.6 is 7.82 Å². The van der Waals surface area contributed by atoms with E-state index in [2.05, 4.69) is 95.2 Å². The highest BCUT2D eigenvalue weighted by Crippen LogP contribution is 2.50. The number of rotatable bonds is 4. The fourth-order valence-corrected chi connectivity index (χ4v) is 5.41. The minimum atomic E-state index is -4.48. The van der Waals surface area contributed by atoms with Crippen LogP contribution in [0.4, 0.5) is 0 Å². The van der Waals surface area contributed by atoms with Crippen molar-refractivity contribution in [1.29, 1.82) is 0 Å². The van der Waals surface area contributed by atoms with Crippen LogP contribution < -0.4 is 9.05 Å². The normalized spacial score (nSPS) is 13.7. The number of hydrogen-bond acceptors (Lipinski definition) is 3. The van der Waals surface area contributed by atoms with E-state index in [1.165, 1.54) is 11.1 Å². The maximum absolute atomic E-state index is 13.4. The largest absolute Gasteiger partial charge is 0.584 e. The molecule has 1 N–H and O–H groups in total. The van der Waals surface area contributed by atoms with Crippen LogP contribution in [0, 0.1) is 13.8 Å². The summed E-state index contributed by atoms with van der Waals surface area (Å²) in [4.78, 5) is 11.0. The number of benzene rings is 2. The van der Waals surface area contributed by atoms with Crippen molar-refractivity contribution in [3.63, 3.8) is 0 Å². The van der Waals surface area contributed by atoms with Crippen LogP contribution in [0.15, 0.2) is 24.3 Å². The van der Waals surface area contributed by atoms with Crippen LogP contribution in [-0.4, -0.2) is 4.89 Å². The van der Waals surface area contributed by atoms with Crippen molar-refractivity contribution in [2.24, 2.45) is 0 Å². The molecule has 5 heteroatoms. The van der Waals surface area contributed by atoms with Crippen molar-refractivity contribution < 1.29 is 18.5 Å². The molecule has 0 radical (unpaired) electrons. The van der Waals surface area contributed by atoms with Crippen LogP contribution in [0.5, 0.6) is 11.5 Å². The van der Waals surface area contributed by atoms with Gasteiger partial charge in [-0.05, 0) is 69.9 Å². The van der Waals surface area contributed by atoms with Crippen LogP contribution in [-0.2, 0) is 26.2 Å². The van der Waals surface area contributed by atoms with E-state index in [9.17, 15) is 9.46 Å². The Balaban J connectivity index is 2.60. The SMILES string of the molecule is Cc1cc(OP(=O)(O)Oc2cc(C)c(C(C)(C)C)cc2C(C)(C)C)c(C(C)(C)C)cc1C(C)(C)C. The first-order valence-corrected chi connectivity index (χ1v) is 14.0. The zero-order chi connectivity index (χ0) is 27.4. The van der Waals surface area contributed by atoms with Crippen molar-refractivity contribution in [3.05, 3.63) is 57.6 Å². The van der Waals surface area contributed by atoms with Gasteiger partial charge in [-0.3, -0.25) is 4.89 Å². The molecule has 0 aromatic heterocycles. The summed E-state index contributed by atoms with van der Waals surface area (Å²) in [6.07, 6.45) is 0. The van der Waals surface area contributed by atoms with Gasteiger partial charge in [0.2, 0.25) is 0 Å². The maximum atomic E-state index is 13.4. The van der Waals surface area contributed by atoms with Crippen molar-refractivity contribution >= 4 is 7.82 Å². The molecule has 35 heavy (non-hydrogen) atoms. The minimum absolute atomic E-state index is 0.0596. The van der Waals surface area contributed by atoms with E-state index in [-0.39, 0.29) is 21.7 Å². The Bertz CT molecular complexity index is 1050. The zero-order valence-corrected chi connectivity index (χ0v) is 25.3. The molecule has 0 bridgehead atoms. The van der Waals surface area contributed by atoms with Gasteiger partial charge in [-0.2, -0.15) is 0 Å². The molecule has 0 fully saturated rings. The van der Waals surface area contributed by atoms with Gasteiger partial charge >= 0.3 is 7.82 Å². The number of phosphoric ester groups is 1. The summed E-state index contributed by atoms with van der Waals surface area (Å²) in [7, 11) is -4.48. The summed E-state index contributed by atoms with van der Waals surface area (Å²) in [5.74, 6) is 0.767. The highest BCUT2D eigenvalue weighted by molar-refractivity contribution is 7.48. The molecule has 196 valence electrons. The van der Waals surface area contributed by atoms with Gasteiger partial charge in [-0.15, -0.1) is 0 Å². The van der Waals surface area contributed by atoms with Gasteiger partial charge in [-0.1, -0.05) is 95.2 Å². The summed E-state index contributed by atoms with van der Waals surface area (Å²) >= 11 is 0. The Morgan fingerprint density at radius 1 is 0.543 bits per heavy atom. The third-order valence-electron chi connectivity index (χ3n) is 6.31. The van der Waals surface area contributed by atoms with Gasteiger partial charge in [0.15, 0.2) is 0 Å². The molecule has 0 saturated heterocycles. The predicted octanol–water partition coefficient (Wildman–Crippen LogP) is 9.05. The maximum Gasteiger partial charge on any atom is 0.584 e.